The van der Waals surface area contributed by atoms with Crippen molar-refractivity contribution < 1.29 is 8.83 Å². The smallest absolute Gasteiger partial charge is 0.136 e. The maximum absolute atomic E-state index is 6.67. The monoisotopic (exact) mass is 972 g/mol. The summed E-state index contributed by atoms with van der Waals surface area (Å²) in [5, 5.41) is 11.2. The molecule has 0 aliphatic heterocycles. The molecular formula is C70H44N4O2. The minimum atomic E-state index is 0.834. The molecule has 0 saturated carbocycles. The molecule has 0 fully saturated rings. The molecule has 6 nitrogen and oxygen atoms in total. The Morgan fingerprint density at radius 2 is 0.553 bits per heavy atom. The van der Waals surface area contributed by atoms with Crippen molar-refractivity contribution in [2.45, 2.75) is 0 Å². The Morgan fingerprint density at radius 1 is 0.224 bits per heavy atom. The molecule has 356 valence electrons. The lowest BCUT2D eigenvalue weighted by molar-refractivity contribution is 0.668. The fraction of sp³-hybridized carbons (Fsp3) is 0. The lowest BCUT2D eigenvalue weighted by Crippen LogP contribution is -2.09. The summed E-state index contributed by atoms with van der Waals surface area (Å²) < 4.78 is 18.1. The zero-order valence-corrected chi connectivity index (χ0v) is 41.0. The first kappa shape index (κ1) is 42.2. The van der Waals surface area contributed by atoms with Crippen LogP contribution in [0.1, 0.15) is 0 Å². The van der Waals surface area contributed by atoms with E-state index >= 15 is 0 Å². The van der Waals surface area contributed by atoms with Crippen molar-refractivity contribution in [2.24, 2.45) is 0 Å². The van der Waals surface area contributed by atoms with Crippen LogP contribution in [0.3, 0.4) is 0 Å². The Labute approximate surface area is 436 Å². The Morgan fingerprint density at radius 3 is 0.987 bits per heavy atom. The summed E-state index contributed by atoms with van der Waals surface area (Å²) in [6, 6.07) is 95.7. The minimum absolute atomic E-state index is 0.834. The quantitative estimate of drug-likeness (QED) is 0.152. The highest BCUT2D eigenvalue weighted by Crippen LogP contribution is 2.45. The molecule has 0 saturated heterocycles. The molecular weight excluding hydrogens is 929 g/mol. The summed E-state index contributed by atoms with van der Waals surface area (Å²) >= 11 is 0. The largest absolute Gasteiger partial charge is 0.456 e. The van der Waals surface area contributed by atoms with Crippen molar-refractivity contribution in [1.82, 2.24) is 9.13 Å². The van der Waals surface area contributed by atoms with Gasteiger partial charge in [-0.1, -0.05) is 109 Å². The number of furan rings is 2. The highest BCUT2D eigenvalue weighted by atomic mass is 16.3. The van der Waals surface area contributed by atoms with Crippen molar-refractivity contribution in [3.8, 4) is 11.4 Å². The third-order valence-corrected chi connectivity index (χ3v) is 15.4. The topological polar surface area (TPSA) is 42.6 Å². The number of rotatable bonds is 8. The number of aromatic nitrogens is 2. The van der Waals surface area contributed by atoms with Gasteiger partial charge in [0.05, 0.1) is 22.1 Å². The second kappa shape index (κ2) is 16.6. The van der Waals surface area contributed by atoms with E-state index in [1.807, 2.05) is 0 Å². The fourth-order valence-corrected chi connectivity index (χ4v) is 12.0. The van der Waals surface area contributed by atoms with Gasteiger partial charge in [0, 0.05) is 88.6 Å². The van der Waals surface area contributed by atoms with Crippen LogP contribution >= 0.6 is 0 Å². The maximum Gasteiger partial charge on any atom is 0.136 e. The molecule has 0 aliphatic rings. The van der Waals surface area contributed by atoms with E-state index in [-0.39, 0.29) is 0 Å². The van der Waals surface area contributed by atoms with E-state index in [9.17, 15) is 0 Å². The average molecular weight is 973 g/mol. The molecule has 4 heterocycles. The molecule has 16 aromatic rings. The van der Waals surface area contributed by atoms with Crippen LogP contribution in [-0.4, -0.2) is 9.13 Å². The number of nitrogens with zero attached hydrogens (tertiary/aromatic N) is 4. The van der Waals surface area contributed by atoms with Crippen molar-refractivity contribution in [3.63, 3.8) is 0 Å². The molecule has 0 radical (unpaired) electrons. The second-order valence-electron chi connectivity index (χ2n) is 19.7. The molecule has 0 bridgehead atoms. The van der Waals surface area contributed by atoms with Gasteiger partial charge >= 0.3 is 0 Å². The summed E-state index contributed by atoms with van der Waals surface area (Å²) in [5.41, 5.74) is 16.7. The first-order valence-corrected chi connectivity index (χ1v) is 25.8. The molecule has 76 heavy (non-hydrogen) atoms. The molecule has 0 unspecified atom stereocenters. The molecule has 6 heteroatoms. The number of hydrogen-bond donors (Lipinski definition) is 0. The van der Waals surface area contributed by atoms with Gasteiger partial charge in [-0.15, -0.1) is 0 Å². The van der Waals surface area contributed by atoms with Crippen molar-refractivity contribution in [1.29, 1.82) is 0 Å². The second-order valence-corrected chi connectivity index (χ2v) is 19.7. The van der Waals surface area contributed by atoms with E-state index < -0.39 is 0 Å². The molecule has 0 atom stereocenters. The summed E-state index contributed by atoms with van der Waals surface area (Å²) in [6.07, 6.45) is 0. The summed E-state index contributed by atoms with van der Waals surface area (Å²) in [4.78, 5) is 4.71. The number of fused-ring (bicyclic) bond motifs is 13. The lowest BCUT2D eigenvalue weighted by atomic mass is 10.0. The summed E-state index contributed by atoms with van der Waals surface area (Å²) in [5.74, 6) is 0. The first-order valence-electron chi connectivity index (χ1n) is 25.8. The molecule has 0 aliphatic carbocycles. The van der Waals surface area contributed by atoms with Gasteiger partial charge in [0.2, 0.25) is 0 Å². The van der Waals surface area contributed by atoms with E-state index in [1.165, 1.54) is 32.6 Å². The zero-order chi connectivity index (χ0) is 49.8. The predicted octanol–water partition coefficient (Wildman–Crippen LogP) is 19.8. The third kappa shape index (κ3) is 6.54. The minimum Gasteiger partial charge on any atom is -0.456 e. The van der Waals surface area contributed by atoms with Crippen LogP contribution in [0.15, 0.2) is 276 Å². The van der Waals surface area contributed by atoms with Crippen molar-refractivity contribution in [3.05, 3.63) is 267 Å². The summed E-state index contributed by atoms with van der Waals surface area (Å²) in [7, 11) is 0. The standard InChI is InChI=1S/C70H44N4O2/c1-5-17-47(18-6-1)71(51-29-33-65-57(41-51)55-25-13-15-27-63(55)73(65)49-21-9-3-10-22-49)53-31-35-67-61(43-53)59-37-45-38-60-62-44-54(32-36-68(62)76-70(60)40-46(45)39-69(59)75-67)72(48-19-7-2-8-20-48)52-30-34-66-58(42-52)56-26-14-16-28-64(56)74(66)50-23-11-4-12-24-50/h1-44H. The molecule has 0 spiro atoms. The third-order valence-electron chi connectivity index (χ3n) is 15.4. The number of benzene rings is 12. The SMILES string of the molecule is c1ccc(N(c2ccc3oc4cc5cc6oc7ccc(N(c8ccccc8)c8ccc9c(c8)c8ccccc8n9-c8ccccc8)cc7c6cc5cc4c3c2)c2ccc3c(c2)c2ccccc2n3-c2ccccc2)cc1. The van der Waals surface area contributed by atoms with E-state index in [0.29, 0.717) is 0 Å². The van der Waals surface area contributed by atoms with Gasteiger partial charge in [-0.3, -0.25) is 0 Å². The van der Waals surface area contributed by atoms with Crippen LogP contribution < -0.4 is 9.80 Å². The highest BCUT2D eigenvalue weighted by molar-refractivity contribution is 6.17. The number of para-hydroxylation sites is 6. The average Bonchev–Trinajstić information content (AvgIpc) is 4.23. The Kier molecular flexibility index (Phi) is 9.23. The normalized spacial score (nSPS) is 11.9. The van der Waals surface area contributed by atoms with Crippen LogP contribution in [-0.2, 0) is 0 Å². The van der Waals surface area contributed by atoms with Crippen molar-refractivity contribution in [2.75, 3.05) is 9.80 Å². The highest BCUT2D eigenvalue weighted by Gasteiger charge is 2.22. The number of anilines is 6. The van der Waals surface area contributed by atoms with Gasteiger partial charge < -0.3 is 27.8 Å². The van der Waals surface area contributed by atoms with Crippen LogP contribution in [0.4, 0.5) is 34.1 Å². The van der Waals surface area contributed by atoms with E-state index in [1.54, 1.807) is 0 Å². The van der Waals surface area contributed by atoms with Crippen LogP contribution in [0, 0.1) is 0 Å². The van der Waals surface area contributed by atoms with Crippen molar-refractivity contribution >= 4 is 132 Å². The van der Waals surface area contributed by atoms with Gasteiger partial charge in [-0.2, -0.15) is 0 Å². The van der Waals surface area contributed by atoms with Gasteiger partial charge in [0.15, 0.2) is 0 Å². The van der Waals surface area contributed by atoms with Gasteiger partial charge in [-0.05, 0) is 168 Å². The fourth-order valence-electron chi connectivity index (χ4n) is 12.0. The Bertz CT molecular complexity index is 4630. The molecule has 12 aromatic carbocycles. The first-order chi connectivity index (χ1) is 37.7. The lowest BCUT2D eigenvalue weighted by Gasteiger charge is -2.25. The Balaban J connectivity index is 0.825. The molecule has 16 rings (SSSR count). The maximum atomic E-state index is 6.67. The molecule has 4 aromatic heterocycles. The van der Waals surface area contributed by atoms with Crippen LogP contribution in [0.5, 0.6) is 0 Å². The summed E-state index contributed by atoms with van der Waals surface area (Å²) in [6.45, 7) is 0. The molecule has 0 N–H and O–H groups in total. The van der Waals surface area contributed by atoms with E-state index in [2.05, 4.69) is 286 Å². The van der Waals surface area contributed by atoms with Crippen LogP contribution in [0.25, 0.3) is 110 Å². The van der Waals surface area contributed by atoms with E-state index in [0.717, 1.165) is 111 Å². The van der Waals surface area contributed by atoms with Gasteiger partial charge in [0.1, 0.15) is 22.3 Å². The zero-order valence-electron chi connectivity index (χ0n) is 41.0. The Hall–Kier alpha value is -10.3. The number of hydrogen-bond acceptors (Lipinski definition) is 4. The van der Waals surface area contributed by atoms with Gasteiger partial charge in [-0.25, -0.2) is 0 Å². The molecule has 0 amide bonds. The predicted molar refractivity (Wildman–Crippen MR) is 317 cm³/mol. The van der Waals surface area contributed by atoms with Crippen LogP contribution in [0.2, 0.25) is 0 Å². The van der Waals surface area contributed by atoms with E-state index in [4.69, 9.17) is 8.83 Å². The van der Waals surface area contributed by atoms with Gasteiger partial charge in [0.25, 0.3) is 0 Å².